The van der Waals surface area contributed by atoms with Gasteiger partial charge < -0.3 is 15.2 Å². The van der Waals surface area contributed by atoms with E-state index in [-0.39, 0.29) is 11.6 Å². The van der Waals surface area contributed by atoms with Crippen LogP contribution in [0.15, 0.2) is 34.8 Å². The van der Waals surface area contributed by atoms with Gasteiger partial charge in [-0.15, -0.1) is 0 Å². The molecule has 0 fully saturated rings. The molecule has 2 N–H and O–H groups in total. The molecule has 0 unspecified atom stereocenters. The smallest absolute Gasteiger partial charge is 0.172 e. The molecular weight excluding hydrogens is 349 g/mol. The van der Waals surface area contributed by atoms with Gasteiger partial charge in [-0.1, -0.05) is 11.6 Å². The van der Waals surface area contributed by atoms with E-state index in [1.54, 1.807) is 12.1 Å². The zero-order valence-electron chi connectivity index (χ0n) is 10.6. The number of methoxy groups -OCH3 is 1. The van der Waals surface area contributed by atoms with Crippen molar-refractivity contribution < 1.29 is 14.2 Å². The Morgan fingerprint density at radius 1 is 1.35 bits per heavy atom. The summed E-state index contributed by atoms with van der Waals surface area (Å²) in [4.78, 5) is 0. The minimum Gasteiger partial charge on any atom is -0.503 e. The second kappa shape index (κ2) is 6.33. The van der Waals surface area contributed by atoms with E-state index in [1.165, 1.54) is 25.3 Å². The number of aromatic hydroxyl groups is 1. The maximum Gasteiger partial charge on any atom is 0.172 e. The van der Waals surface area contributed by atoms with E-state index in [9.17, 15) is 9.50 Å². The van der Waals surface area contributed by atoms with Gasteiger partial charge in [0.15, 0.2) is 11.5 Å². The van der Waals surface area contributed by atoms with Gasteiger partial charge in [-0.3, -0.25) is 0 Å². The van der Waals surface area contributed by atoms with Crippen molar-refractivity contribution in [2.24, 2.45) is 0 Å². The first-order valence-corrected chi connectivity index (χ1v) is 6.92. The second-order valence-corrected chi connectivity index (χ2v) is 5.37. The quantitative estimate of drug-likeness (QED) is 0.839. The van der Waals surface area contributed by atoms with Gasteiger partial charge in [-0.05, 0) is 51.8 Å². The van der Waals surface area contributed by atoms with Crippen LogP contribution in [-0.4, -0.2) is 12.2 Å². The monoisotopic (exact) mass is 359 g/mol. The third kappa shape index (κ3) is 3.35. The number of hydrogen-bond acceptors (Lipinski definition) is 3. The molecule has 106 valence electrons. The number of phenols is 1. The van der Waals surface area contributed by atoms with E-state index in [0.717, 1.165) is 5.56 Å². The maximum absolute atomic E-state index is 13.1. The van der Waals surface area contributed by atoms with E-state index >= 15 is 0 Å². The summed E-state index contributed by atoms with van der Waals surface area (Å²) >= 11 is 9.22. The Labute approximate surface area is 129 Å². The molecule has 0 saturated carbocycles. The van der Waals surface area contributed by atoms with Crippen LogP contribution in [0, 0.1) is 5.82 Å². The molecule has 2 aromatic carbocycles. The zero-order chi connectivity index (χ0) is 14.7. The SMILES string of the molecule is COc1cc(CNc2cc(F)ccc2Cl)cc(Br)c1O. The number of nitrogens with one attached hydrogen (secondary N) is 1. The minimum absolute atomic E-state index is 0.0417. The van der Waals surface area contributed by atoms with Crippen LogP contribution in [-0.2, 0) is 6.54 Å². The van der Waals surface area contributed by atoms with Gasteiger partial charge in [-0.2, -0.15) is 0 Å². The van der Waals surface area contributed by atoms with Gasteiger partial charge >= 0.3 is 0 Å². The summed E-state index contributed by atoms with van der Waals surface area (Å²) in [6, 6.07) is 7.56. The Morgan fingerprint density at radius 2 is 2.10 bits per heavy atom. The number of halogens is 3. The summed E-state index contributed by atoms with van der Waals surface area (Å²) in [5, 5.41) is 13.2. The average molecular weight is 361 g/mol. The Kier molecular flexibility index (Phi) is 4.73. The molecule has 0 aromatic heterocycles. The Bertz CT molecular complexity index is 637. The summed E-state index contributed by atoms with van der Waals surface area (Å²) in [7, 11) is 1.47. The highest BCUT2D eigenvalue weighted by Crippen LogP contribution is 2.35. The van der Waals surface area contributed by atoms with Crippen molar-refractivity contribution in [1.82, 2.24) is 0 Å². The molecule has 0 heterocycles. The lowest BCUT2D eigenvalue weighted by Gasteiger charge is -2.11. The topological polar surface area (TPSA) is 41.5 Å². The van der Waals surface area contributed by atoms with E-state index in [2.05, 4.69) is 21.2 Å². The molecule has 0 saturated heterocycles. The van der Waals surface area contributed by atoms with Gasteiger partial charge in [0, 0.05) is 6.54 Å². The molecule has 0 aliphatic rings. The fraction of sp³-hybridized carbons (Fsp3) is 0.143. The molecule has 0 amide bonds. The van der Waals surface area contributed by atoms with Crippen LogP contribution < -0.4 is 10.1 Å². The van der Waals surface area contributed by atoms with Crippen molar-refractivity contribution in [3.05, 3.63) is 51.2 Å². The number of rotatable bonds is 4. The normalized spacial score (nSPS) is 10.4. The fourth-order valence-corrected chi connectivity index (χ4v) is 2.39. The predicted octanol–water partition coefficient (Wildman–Crippen LogP) is 4.57. The van der Waals surface area contributed by atoms with E-state index < -0.39 is 0 Å². The highest BCUT2D eigenvalue weighted by molar-refractivity contribution is 9.10. The summed E-state index contributed by atoms with van der Waals surface area (Å²) in [5.41, 5.74) is 1.36. The van der Waals surface area contributed by atoms with Gasteiger partial charge in [0.2, 0.25) is 0 Å². The summed E-state index contributed by atoms with van der Waals surface area (Å²) in [6.07, 6.45) is 0. The van der Waals surface area contributed by atoms with Crippen LogP contribution in [0.25, 0.3) is 0 Å². The lowest BCUT2D eigenvalue weighted by Crippen LogP contribution is -2.01. The average Bonchev–Trinajstić information content (AvgIpc) is 2.43. The van der Waals surface area contributed by atoms with E-state index in [1.807, 2.05) is 0 Å². The largest absolute Gasteiger partial charge is 0.503 e. The molecule has 3 nitrogen and oxygen atoms in total. The highest BCUT2D eigenvalue weighted by atomic mass is 79.9. The van der Waals surface area contributed by atoms with Crippen molar-refractivity contribution in [2.75, 3.05) is 12.4 Å². The molecule has 0 spiro atoms. The molecule has 0 radical (unpaired) electrons. The van der Waals surface area contributed by atoms with Crippen LogP contribution in [0.4, 0.5) is 10.1 Å². The number of hydrogen-bond donors (Lipinski definition) is 2. The van der Waals surface area contributed by atoms with Crippen molar-refractivity contribution in [2.45, 2.75) is 6.54 Å². The standard InChI is InChI=1S/C14H12BrClFNO2/c1-20-13-5-8(4-10(15)14(13)19)7-18-12-6-9(17)2-3-11(12)16/h2-6,18-19H,7H2,1H3. The summed E-state index contributed by atoms with van der Waals surface area (Å²) in [5.74, 6) is 0.0444. The first-order valence-electron chi connectivity index (χ1n) is 5.75. The minimum atomic E-state index is -0.360. The molecule has 2 rings (SSSR count). The molecular formula is C14H12BrClFNO2. The molecule has 0 atom stereocenters. The zero-order valence-corrected chi connectivity index (χ0v) is 12.9. The number of ether oxygens (including phenoxy) is 1. The lowest BCUT2D eigenvalue weighted by atomic mass is 10.2. The molecule has 20 heavy (non-hydrogen) atoms. The van der Waals surface area contributed by atoms with Crippen LogP contribution in [0.5, 0.6) is 11.5 Å². The Morgan fingerprint density at radius 3 is 2.80 bits per heavy atom. The first kappa shape index (κ1) is 14.9. The third-order valence-electron chi connectivity index (χ3n) is 2.72. The van der Waals surface area contributed by atoms with Gasteiger partial charge in [-0.25, -0.2) is 4.39 Å². The summed E-state index contributed by atoms with van der Waals surface area (Å²) < 4.78 is 18.7. The highest BCUT2D eigenvalue weighted by Gasteiger charge is 2.09. The van der Waals surface area contributed by atoms with E-state index in [4.69, 9.17) is 16.3 Å². The summed E-state index contributed by atoms with van der Waals surface area (Å²) in [6.45, 7) is 0.415. The molecule has 6 heteroatoms. The van der Waals surface area contributed by atoms with Crippen LogP contribution in [0.3, 0.4) is 0 Å². The Hall–Kier alpha value is -1.46. The van der Waals surface area contributed by atoms with Crippen molar-refractivity contribution in [1.29, 1.82) is 0 Å². The van der Waals surface area contributed by atoms with Gasteiger partial charge in [0.1, 0.15) is 5.82 Å². The van der Waals surface area contributed by atoms with Crippen LogP contribution in [0.2, 0.25) is 5.02 Å². The third-order valence-corrected chi connectivity index (χ3v) is 3.65. The maximum atomic E-state index is 13.1. The predicted molar refractivity (Wildman–Crippen MR) is 81.1 cm³/mol. The lowest BCUT2D eigenvalue weighted by molar-refractivity contribution is 0.371. The molecule has 0 aliphatic carbocycles. The van der Waals surface area contributed by atoms with Crippen molar-refractivity contribution in [3.63, 3.8) is 0 Å². The molecule has 0 bridgehead atoms. The van der Waals surface area contributed by atoms with Crippen molar-refractivity contribution >= 4 is 33.2 Å². The van der Waals surface area contributed by atoms with Crippen LogP contribution in [0.1, 0.15) is 5.56 Å². The van der Waals surface area contributed by atoms with E-state index in [0.29, 0.717) is 27.5 Å². The number of benzene rings is 2. The van der Waals surface area contributed by atoms with Gasteiger partial charge in [0.25, 0.3) is 0 Å². The molecule has 2 aromatic rings. The fourth-order valence-electron chi connectivity index (χ4n) is 1.72. The second-order valence-electron chi connectivity index (χ2n) is 4.11. The van der Waals surface area contributed by atoms with Crippen LogP contribution >= 0.6 is 27.5 Å². The number of anilines is 1. The Balaban J connectivity index is 2.19. The number of phenolic OH excluding ortho intramolecular Hbond substituents is 1. The molecule has 0 aliphatic heterocycles. The first-order chi connectivity index (χ1) is 9.51. The van der Waals surface area contributed by atoms with Crippen molar-refractivity contribution in [3.8, 4) is 11.5 Å². The van der Waals surface area contributed by atoms with Gasteiger partial charge in [0.05, 0.1) is 22.3 Å².